The lowest BCUT2D eigenvalue weighted by atomic mass is 9.94. The Labute approximate surface area is 192 Å². The quantitative estimate of drug-likeness (QED) is 0.616. The predicted octanol–water partition coefficient (Wildman–Crippen LogP) is 5.02. The Morgan fingerprint density at radius 3 is 2.82 bits per heavy atom. The second-order valence-electron chi connectivity index (χ2n) is 9.03. The second-order valence-corrected chi connectivity index (χ2v) is 9.03. The number of pyridine rings is 2. The van der Waals surface area contributed by atoms with E-state index in [-0.39, 0.29) is 17.4 Å². The number of amides is 1. The van der Waals surface area contributed by atoms with Crippen molar-refractivity contribution in [2.45, 2.75) is 44.1 Å². The highest BCUT2D eigenvalue weighted by Crippen LogP contribution is 2.48. The average Bonchev–Trinajstić information content (AvgIpc) is 3.52. The number of nitrogens with zero attached hydrogens (tertiary/aromatic N) is 4. The van der Waals surface area contributed by atoms with Crippen LogP contribution in [0.3, 0.4) is 0 Å². The molecule has 1 aromatic carbocycles. The molecule has 0 radical (unpaired) electrons. The normalized spacial score (nSPS) is 19.8. The van der Waals surface area contributed by atoms with Gasteiger partial charge in [-0.3, -0.25) is 9.78 Å². The molecule has 1 atom stereocenters. The van der Waals surface area contributed by atoms with E-state index >= 15 is 0 Å². The van der Waals surface area contributed by atoms with E-state index in [0.29, 0.717) is 12.2 Å². The molecule has 2 aromatic heterocycles. The lowest BCUT2D eigenvalue weighted by molar-refractivity contribution is -0.117. The van der Waals surface area contributed by atoms with E-state index in [1.807, 2.05) is 48.4 Å². The Bertz CT molecular complexity index is 1320. The highest BCUT2D eigenvalue weighted by molar-refractivity contribution is 5.96. The van der Waals surface area contributed by atoms with Crippen molar-refractivity contribution in [1.82, 2.24) is 9.97 Å². The molecular formula is C26H23N5O2. The van der Waals surface area contributed by atoms with Gasteiger partial charge in [0.05, 0.1) is 23.4 Å². The van der Waals surface area contributed by atoms with Gasteiger partial charge < -0.3 is 15.0 Å². The molecular weight excluding hydrogens is 414 g/mol. The first-order valence-corrected chi connectivity index (χ1v) is 11.3. The van der Waals surface area contributed by atoms with Crippen LogP contribution in [0.25, 0.3) is 11.1 Å². The van der Waals surface area contributed by atoms with Crippen LogP contribution in [0.5, 0.6) is 5.75 Å². The van der Waals surface area contributed by atoms with Crippen LogP contribution in [0.15, 0.2) is 48.9 Å². The highest BCUT2D eigenvalue weighted by Gasteiger charge is 2.45. The lowest BCUT2D eigenvalue weighted by Crippen LogP contribution is -2.24. The second kappa shape index (κ2) is 7.31. The summed E-state index contributed by atoms with van der Waals surface area (Å²) < 4.78 is 6.24. The SMILES string of the molecule is C[C@@H]1Oc2cc(N3CCCC3=O)ccc2-c2cnc(Nc3cncc(C4(C#N)CC4)c3)cc21. The minimum atomic E-state index is -0.376. The van der Waals surface area contributed by atoms with Crippen LogP contribution in [-0.2, 0) is 10.2 Å². The summed E-state index contributed by atoms with van der Waals surface area (Å²) >= 11 is 0. The molecule has 4 heterocycles. The molecule has 7 heteroatoms. The molecule has 1 amide bonds. The molecule has 33 heavy (non-hydrogen) atoms. The fourth-order valence-electron chi connectivity index (χ4n) is 4.78. The lowest BCUT2D eigenvalue weighted by Gasteiger charge is -2.28. The number of carbonyl (C=O) groups is 1. The molecule has 2 aliphatic heterocycles. The summed E-state index contributed by atoms with van der Waals surface area (Å²) in [7, 11) is 0. The van der Waals surface area contributed by atoms with E-state index in [1.165, 1.54) is 0 Å². The van der Waals surface area contributed by atoms with Crippen LogP contribution in [-0.4, -0.2) is 22.4 Å². The van der Waals surface area contributed by atoms with E-state index in [2.05, 4.69) is 21.4 Å². The Hall–Kier alpha value is -3.92. The highest BCUT2D eigenvalue weighted by atomic mass is 16.5. The van der Waals surface area contributed by atoms with E-state index in [0.717, 1.165) is 65.2 Å². The number of aromatic nitrogens is 2. The van der Waals surface area contributed by atoms with E-state index in [9.17, 15) is 10.1 Å². The van der Waals surface area contributed by atoms with Crippen LogP contribution < -0.4 is 15.0 Å². The van der Waals surface area contributed by atoms with Crippen molar-refractivity contribution >= 4 is 23.1 Å². The molecule has 6 rings (SSSR count). The van der Waals surface area contributed by atoms with Gasteiger partial charge in [-0.15, -0.1) is 0 Å². The van der Waals surface area contributed by atoms with Crippen LogP contribution >= 0.6 is 0 Å². The average molecular weight is 438 g/mol. The van der Waals surface area contributed by atoms with Crippen molar-refractivity contribution in [3.8, 4) is 22.9 Å². The monoisotopic (exact) mass is 437 g/mol. The first kappa shape index (κ1) is 19.7. The fraction of sp³-hybridized carbons (Fsp3) is 0.308. The zero-order chi connectivity index (χ0) is 22.6. The van der Waals surface area contributed by atoms with Gasteiger partial charge in [-0.25, -0.2) is 4.98 Å². The van der Waals surface area contributed by atoms with Crippen molar-refractivity contribution < 1.29 is 9.53 Å². The molecule has 2 fully saturated rings. The smallest absolute Gasteiger partial charge is 0.227 e. The van der Waals surface area contributed by atoms with Crippen molar-refractivity contribution in [2.24, 2.45) is 0 Å². The summed E-state index contributed by atoms with van der Waals surface area (Å²) in [5, 5.41) is 12.8. The molecule has 0 bridgehead atoms. The molecule has 7 nitrogen and oxygen atoms in total. The number of rotatable bonds is 4. The maximum Gasteiger partial charge on any atom is 0.227 e. The standard InChI is InChI=1S/C26H23N5O2/c1-16-21-11-24(30-18-9-17(12-28-13-18)26(15-27)6-7-26)29-14-22(21)20-5-4-19(10-23(20)33-16)31-8-2-3-25(31)32/h4-5,9-14,16H,2-3,6-8H2,1H3,(H,29,30)/t16-/m0/s1. The molecule has 1 aliphatic carbocycles. The Balaban J connectivity index is 1.30. The summed E-state index contributed by atoms with van der Waals surface area (Å²) in [5.41, 5.74) is 5.32. The van der Waals surface area contributed by atoms with Crippen molar-refractivity contribution in [3.05, 3.63) is 60.0 Å². The Kier molecular flexibility index (Phi) is 4.37. The third-order valence-electron chi connectivity index (χ3n) is 6.85. The van der Waals surface area contributed by atoms with Gasteiger partial charge in [0.25, 0.3) is 0 Å². The number of hydrogen-bond donors (Lipinski definition) is 1. The zero-order valence-corrected chi connectivity index (χ0v) is 18.3. The first-order valence-electron chi connectivity index (χ1n) is 11.3. The summed E-state index contributed by atoms with van der Waals surface area (Å²) in [6.07, 6.45) is 8.50. The van der Waals surface area contributed by atoms with Crippen LogP contribution in [0.4, 0.5) is 17.2 Å². The van der Waals surface area contributed by atoms with Gasteiger partial charge in [-0.1, -0.05) is 0 Å². The van der Waals surface area contributed by atoms with Crippen molar-refractivity contribution in [2.75, 3.05) is 16.8 Å². The van der Waals surface area contributed by atoms with Gasteiger partial charge in [0.2, 0.25) is 5.91 Å². The minimum Gasteiger partial charge on any atom is -0.485 e. The number of fused-ring (bicyclic) bond motifs is 3. The fourth-order valence-corrected chi connectivity index (χ4v) is 4.78. The number of hydrogen-bond acceptors (Lipinski definition) is 6. The zero-order valence-electron chi connectivity index (χ0n) is 18.3. The summed E-state index contributed by atoms with van der Waals surface area (Å²) in [5.74, 6) is 1.64. The Morgan fingerprint density at radius 1 is 1.18 bits per heavy atom. The number of carbonyl (C=O) groups excluding carboxylic acids is 1. The van der Waals surface area contributed by atoms with Crippen LogP contribution in [0.2, 0.25) is 0 Å². The molecule has 0 unspecified atom stereocenters. The minimum absolute atomic E-state index is 0.154. The summed E-state index contributed by atoms with van der Waals surface area (Å²) in [6.45, 7) is 2.77. The van der Waals surface area contributed by atoms with Crippen molar-refractivity contribution in [1.29, 1.82) is 5.26 Å². The van der Waals surface area contributed by atoms with E-state index in [4.69, 9.17) is 4.74 Å². The molecule has 1 N–H and O–H groups in total. The molecule has 164 valence electrons. The number of nitrogens with one attached hydrogen (secondary N) is 1. The largest absolute Gasteiger partial charge is 0.485 e. The predicted molar refractivity (Wildman–Crippen MR) is 124 cm³/mol. The molecule has 1 saturated heterocycles. The van der Waals surface area contributed by atoms with Gasteiger partial charge >= 0.3 is 0 Å². The number of anilines is 3. The third kappa shape index (κ3) is 3.30. The van der Waals surface area contributed by atoms with Gasteiger partial charge in [0.1, 0.15) is 17.7 Å². The van der Waals surface area contributed by atoms with Gasteiger partial charge in [-0.05, 0) is 56.0 Å². The maximum absolute atomic E-state index is 12.1. The topological polar surface area (TPSA) is 91.1 Å². The van der Waals surface area contributed by atoms with Crippen LogP contribution in [0.1, 0.15) is 49.8 Å². The number of ether oxygens (including phenoxy) is 1. The van der Waals surface area contributed by atoms with Crippen molar-refractivity contribution in [3.63, 3.8) is 0 Å². The van der Waals surface area contributed by atoms with Gasteiger partial charge in [0, 0.05) is 53.8 Å². The van der Waals surface area contributed by atoms with E-state index < -0.39 is 0 Å². The van der Waals surface area contributed by atoms with Crippen LogP contribution in [0, 0.1) is 11.3 Å². The third-order valence-corrected chi connectivity index (χ3v) is 6.85. The molecule has 0 spiro atoms. The molecule has 3 aliphatic rings. The van der Waals surface area contributed by atoms with Gasteiger partial charge in [-0.2, -0.15) is 5.26 Å². The van der Waals surface area contributed by atoms with Gasteiger partial charge in [0.15, 0.2) is 0 Å². The number of nitriles is 1. The Morgan fingerprint density at radius 2 is 2.06 bits per heavy atom. The molecule has 3 aromatic rings. The number of benzene rings is 1. The maximum atomic E-state index is 12.1. The molecule has 1 saturated carbocycles. The summed E-state index contributed by atoms with van der Waals surface area (Å²) in [6, 6.07) is 12.4. The van der Waals surface area contributed by atoms with E-state index in [1.54, 1.807) is 12.4 Å². The first-order chi connectivity index (χ1) is 16.1. The summed E-state index contributed by atoms with van der Waals surface area (Å²) in [4.78, 5) is 22.9.